The molecule has 2 aromatic carbocycles. The molecule has 0 fully saturated rings. The zero-order valence-corrected chi connectivity index (χ0v) is 19.6. The average Bonchev–Trinajstić information content (AvgIpc) is 2.74. The summed E-state index contributed by atoms with van der Waals surface area (Å²) in [5, 5.41) is 0.636. The number of hydrogen-bond donors (Lipinski definition) is 2. The third-order valence-electron chi connectivity index (χ3n) is 5.08. The number of aryl methyl sites for hydroxylation is 2. The van der Waals surface area contributed by atoms with Gasteiger partial charge in [0, 0.05) is 23.6 Å². The smallest absolute Gasteiger partial charge is 0.269 e. The van der Waals surface area contributed by atoms with E-state index in [1.165, 1.54) is 10.6 Å². The van der Waals surface area contributed by atoms with Crippen molar-refractivity contribution >= 4 is 39.1 Å². The van der Waals surface area contributed by atoms with Gasteiger partial charge in [0.05, 0.1) is 18.6 Å². The van der Waals surface area contributed by atoms with E-state index in [-0.39, 0.29) is 12.3 Å². The maximum atomic E-state index is 12.4. The van der Waals surface area contributed by atoms with Gasteiger partial charge in [-0.05, 0) is 73.7 Å². The first-order valence-corrected chi connectivity index (χ1v) is 12.5. The molecule has 0 unspecified atom stereocenters. The lowest BCUT2D eigenvalue weighted by atomic mass is 10.0. The van der Waals surface area contributed by atoms with E-state index in [4.69, 9.17) is 16.3 Å². The fraction of sp³-hybridized carbons (Fsp3) is 0.364. The van der Waals surface area contributed by atoms with Gasteiger partial charge in [-0.3, -0.25) is 24.7 Å². The van der Waals surface area contributed by atoms with Gasteiger partial charge in [-0.2, -0.15) is 0 Å². The molecule has 1 aliphatic heterocycles. The van der Waals surface area contributed by atoms with E-state index in [0.29, 0.717) is 54.4 Å². The Morgan fingerprint density at radius 1 is 1.16 bits per heavy atom. The fourth-order valence-corrected chi connectivity index (χ4v) is 4.72. The van der Waals surface area contributed by atoms with Gasteiger partial charge < -0.3 is 4.74 Å². The molecule has 2 amide bonds. The summed E-state index contributed by atoms with van der Waals surface area (Å²) >= 11 is 5.91. The van der Waals surface area contributed by atoms with Crippen LogP contribution in [0.15, 0.2) is 36.4 Å². The number of hydrogen-bond acceptors (Lipinski definition) is 5. The Labute approximate surface area is 192 Å². The molecule has 0 aromatic heterocycles. The van der Waals surface area contributed by atoms with Crippen LogP contribution in [-0.4, -0.2) is 39.6 Å². The predicted molar refractivity (Wildman–Crippen MR) is 123 cm³/mol. The highest BCUT2D eigenvalue weighted by Gasteiger charge is 2.24. The Balaban J connectivity index is 1.46. The molecule has 0 atom stereocenters. The van der Waals surface area contributed by atoms with Crippen LogP contribution in [0.2, 0.25) is 5.02 Å². The number of nitrogens with one attached hydrogen (secondary N) is 2. The molecule has 0 radical (unpaired) electrons. The highest BCUT2D eigenvalue weighted by Crippen LogP contribution is 2.29. The first-order valence-electron chi connectivity index (χ1n) is 10.2. The Morgan fingerprint density at radius 3 is 2.66 bits per heavy atom. The van der Waals surface area contributed by atoms with E-state index < -0.39 is 15.9 Å². The normalized spacial score (nSPS) is 13.3. The van der Waals surface area contributed by atoms with Crippen LogP contribution in [0.5, 0.6) is 5.75 Å². The summed E-state index contributed by atoms with van der Waals surface area (Å²) in [4.78, 5) is 24.4. The van der Waals surface area contributed by atoms with E-state index in [0.717, 1.165) is 11.1 Å². The highest BCUT2D eigenvalue weighted by molar-refractivity contribution is 7.92. The Morgan fingerprint density at radius 2 is 1.94 bits per heavy atom. The van der Waals surface area contributed by atoms with Crippen molar-refractivity contribution in [3.63, 3.8) is 0 Å². The van der Waals surface area contributed by atoms with Gasteiger partial charge in [-0.15, -0.1) is 0 Å². The number of carbonyl (C=O) groups is 2. The summed E-state index contributed by atoms with van der Waals surface area (Å²) in [7, 11) is -3.37. The molecule has 0 aliphatic carbocycles. The van der Waals surface area contributed by atoms with Crippen LogP contribution in [0, 0.1) is 6.92 Å². The first-order chi connectivity index (χ1) is 15.1. The molecule has 1 aliphatic rings. The van der Waals surface area contributed by atoms with Crippen molar-refractivity contribution in [3.05, 3.63) is 58.1 Å². The third kappa shape index (κ3) is 6.14. The summed E-state index contributed by atoms with van der Waals surface area (Å²) in [6.07, 6.45) is 3.19. The van der Waals surface area contributed by atoms with Crippen LogP contribution < -0.4 is 19.9 Å². The lowest BCUT2D eigenvalue weighted by Crippen LogP contribution is -2.41. The van der Waals surface area contributed by atoms with Crippen LogP contribution in [0.25, 0.3) is 0 Å². The minimum Gasteiger partial charge on any atom is -0.493 e. The third-order valence-corrected chi connectivity index (χ3v) is 6.49. The van der Waals surface area contributed by atoms with Gasteiger partial charge in [0.2, 0.25) is 15.9 Å². The molecule has 32 heavy (non-hydrogen) atoms. The lowest BCUT2D eigenvalue weighted by Gasteiger charge is -2.29. The zero-order chi connectivity index (χ0) is 23.3. The standard InChI is InChI=1S/C22H26ClN3O5S/c1-15-13-18(23)8-10-20(15)31-12-4-6-21(27)24-25-22(28)17-7-9-19-16(14-17)5-3-11-26(19)32(2,29)30/h7-10,13-14H,3-6,11-12H2,1-2H3,(H,24,27)(H,25,28). The largest absolute Gasteiger partial charge is 0.493 e. The van der Waals surface area contributed by atoms with Gasteiger partial charge in [-0.25, -0.2) is 8.42 Å². The molecular formula is C22H26ClN3O5S. The van der Waals surface area contributed by atoms with Crippen molar-refractivity contribution < 1.29 is 22.7 Å². The Hall–Kier alpha value is -2.78. The maximum Gasteiger partial charge on any atom is 0.269 e. The minimum atomic E-state index is -3.37. The van der Waals surface area contributed by atoms with Crippen molar-refractivity contribution in [1.29, 1.82) is 0 Å². The van der Waals surface area contributed by atoms with Gasteiger partial charge in [0.15, 0.2) is 0 Å². The maximum absolute atomic E-state index is 12.4. The van der Waals surface area contributed by atoms with Crippen LogP contribution in [-0.2, 0) is 21.2 Å². The van der Waals surface area contributed by atoms with Crippen LogP contribution >= 0.6 is 11.6 Å². The molecule has 0 saturated heterocycles. The number of rotatable bonds is 7. The molecule has 2 aromatic rings. The number of nitrogens with zero attached hydrogens (tertiary/aromatic N) is 1. The van der Waals surface area contributed by atoms with Crippen LogP contribution in [0.1, 0.15) is 40.7 Å². The molecule has 8 nitrogen and oxygen atoms in total. The van der Waals surface area contributed by atoms with Crippen molar-refractivity contribution in [2.75, 3.05) is 23.7 Å². The van der Waals surface area contributed by atoms with Crippen molar-refractivity contribution in [2.24, 2.45) is 0 Å². The number of anilines is 1. The van der Waals surface area contributed by atoms with Gasteiger partial charge in [0.1, 0.15) is 5.75 Å². The number of ether oxygens (including phenoxy) is 1. The minimum absolute atomic E-state index is 0.181. The second-order valence-electron chi connectivity index (χ2n) is 7.65. The Kier molecular flexibility index (Phi) is 7.63. The van der Waals surface area contributed by atoms with E-state index in [1.807, 2.05) is 6.92 Å². The van der Waals surface area contributed by atoms with Crippen LogP contribution in [0.3, 0.4) is 0 Å². The first kappa shape index (κ1) is 23.9. The molecule has 1 heterocycles. The van der Waals surface area contributed by atoms with Gasteiger partial charge in [-0.1, -0.05) is 11.6 Å². The molecule has 10 heteroatoms. The number of carbonyl (C=O) groups excluding carboxylic acids is 2. The average molecular weight is 480 g/mol. The van der Waals surface area contributed by atoms with Crippen molar-refractivity contribution in [2.45, 2.75) is 32.6 Å². The number of fused-ring (bicyclic) bond motifs is 1. The van der Waals surface area contributed by atoms with Crippen LogP contribution in [0.4, 0.5) is 5.69 Å². The second-order valence-corrected chi connectivity index (χ2v) is 9.99. The molecule has 0 bridgehead atoms. The van der Waals surface area contributed by atoms with Crippen molar-refractivity contribution in [1.82, 2.24) is 10.9 Å². The van der Waals surface area contributed by atoms with E-state index in [9.17, 15) is 18.0 Å². The number of sulfonamides is 1. The quantitative estimate of drug-likeness (QED) is 0.469. The predicted octanol–water partition coefficient (Wildman–Crippen LogP) is 2.98. The van der Waals surface area contributed by atoms with Gasteiger partial charge >= 0.3 is 0 Å². The summed E-state index contributed by atoms with van der Waals surface area (Å²) in [6.45, 7) is 2.67. The lowest BCUT2D eigenvalue weighted by molar-refractivity contribution is -0.122. The molecule has 0 saturated carbocycles. The number of benzene rings is 2. The molecular weight excluding hydrogens is 454 g/mol. The topological polar surface area (TPSA) is 105 Å². The molecule has 172 valence electrons. The van der Waals surface area contributed by atoms with Gasteiger partial charge in [0.25, 0.3) is 5.91 Å². The zero-order valence-electron chi connectivity index (χ0n) is 18.0. The summed E-state index contributed by atoms with van der Waals surface area (Å²) < 4.78 is 30.9. The van der Waals surface area contributed by atoms with E-state index in [1.54, 1.807) is 36.4 Å². The monoisotopic (exact) mass is 479 g/mol. The molecule has 0 spiro atoms. The second kappa shape index (κ2) is 10.2. The SMILES string of the molecule is Cc1cc(Cl)ccc1OCCCC(=O)NNC(=O)c1ccc2c(c1)CCCN2S(C)(=O)=O. The summed E-state index contributed by atoms with van der Waals surface area (Å²) in [5.41, 5.74) is 7.43. The fourth-order valence-electron chi connectivity index (χ4n) is 3.50. The number of halogens is 1. The number of amides is 2. The molecule has 3 rings (SSSR count). The Bertz CT molecular complexity index is 1120. The summed E-state index contributed by atoms with van der Waals surface area (Å²) in [5.74, 6) is -0.0911. The number of hydrazine groups is 1. The van der Waals surface area contributed by atoms with E-state index >= 15 is 0 Å². The molecule has 2 N–H and O–H groups in total. The van der Waals surface area contributed by atoms with Crippen molar-refractivity contribution in [3.8, 4) is 5.75 Å². The summed E-state index contributed by atoms with van der Waals surface area (Å²) in [6, 6.07) is 10.2. The highest BCUT2D eigenvalue weighted by atomic mass is 35.5. The van der Waals surface area contributed by atoms with E-state index in [2.05, 4.69) is 10.9 Å².